The van der Waals surface area contributed by atoms with Crippen LogP contribution in [0.2, 0.25) is 5.02 Å². The van der Waals surface area contributed by atoms with E-state index in [-0.39, 0.29) is 13.0 Å². The lowest BCUT2D eigenvalue weighted by molar-refractivity contribution is -0.173. The predicted molar refractivity (Wildman–Crippen MR) is 81.4 cm³/mol. The van der Waals surface area contributed by atoms with Crippen LogP contribution in [0.5, 0.6) is 0 Å². The van der Waals surface area contributed by atoms with Gasteiger partial charge < -0.3 is 19.1 Å². The second-order valence-electron chi connectivity index (χ2n) is 5.53. The van der Waals surface area contributed by atoms with Gasteiger partial charge in [0.15, 0.2) is 5.41 Å². The van der Waals surface area contributed by atoms with Gasteiger partial charge in [-0.05, 0) is 6.07 Å². The van der Waals surface area contributed by atoms with E-state index in [0.29, 0.717) is 23.9 Å². The largest absolute Gasteiger partial charge is 0.468 e. The van der Waals surface area contributed by atoms with E-state index < -0.39 is 23.4 Å². The van der Waals surface area contributed by atoms with Gasteiger partial charge in [-0.3, -0.25) is 14.6 Å². The Morgan fingerprint density at radius 2 is 2.09 bits per heavy atom. The van der Waals surface area contributed by atoms with Crippen molar-refractivity contribution in [1.29, 1.82) is 0 Å². The number of hydrogen-bond donors (Lipinski definition) is 0. The van der Waals surface area contributed by atoms with E-state index in [1.54, 1.807) is 6.07 Å². The number of pyridine rings is 1. The van der Waals surface area contributed by atoms with Crippen LogP contribution in [0.4, 0.5) is 5.69 Å². The first kappa shape index (κ1) is 16.0. The molecule has 0 bridgehead atoms. The average molecular weight is 341 g/mol. The highest BCUT2D eigenvalue weighted by Gasteiger charge is 2.60. The van der Waals surface area contributed by atoms with Gasteiger partial charge in [-0.25, -0.2) is 0 Å². The SMILES string of the molecule is COC(=O)C1(C(=O)OC)Cc2ncc(Cl)cc2N2CCOCC21. The van der Waals surface area contributed by atoms with Gasteiger partial charge in [0.25, 0.3) is 0 Å². The topological polar surface area (TPSA) is 78.0 Å². The summed E-state index contributed by atoms with van der Waals surface area (Å²) in [5.74, 6) is -1.29. The molecular weight excluding hydrogens is 324 g/mol. The molecule has 2 aliphatic heterocycles. The van der Waals surface area contributed by atoms with Crippen molar-refractivity contribution in [1.82, 2.24) is 4.98 Å². The number of aromatic nitrogens is 1. The first-order chi connectivity index (χ1) is 11.0. The lowest BCUT2D eigenvalue weighted by Crippen LogP contribution is -2.65. The van der Waals surface area contributed by atoms with E-state index in [2.05, 4.69) is 4.98 Å². The van der Waals surface area contributed by atoms with Crippen LogP contribution in [0.25, 0.3) is 0 Å². The van der Waals surface area contributed by atoms with E-state index >= 15 is 0 Å². The van der Waals surface area contributed by atoms with E-state index in [4.69, 9.17) is 25.8 Å². The summed E-state index contributed by atoms with van der Waals surface area (Å²) < 4.78 is 15.4. The van der Waals surface area contributed by atoms with Crippen molar-refractivity contribution in [2.75, 3.05) is 38.9 Å². The van der Waals surface area contributed by atoms with Gasteiger partial charge in [0.05, 0.1) is 49.9 Å². The summed E-state index contributed by atoms with van der Waals surface area (Å²) in [6.45, 7) is 1.23. The maximum Gasteiger partial charge on any atom is 0.325 e. The molecule has 1 unspecified atom stereocenters. The van der Waals surface area contributed by atoms with Crippen molar-refractivity contribution in [3.63, 3.8) is 0 Å². The molecule has 7 nitrogen and oxygen atoms in total. The predicted octanol–water partition coefficient (Wildman–Crippen LogP) is 0.829. The number of esters is 2. The number of carbonyl (C=O) groups is 2. The maximum absolute atomic E-state index is 12.6. The molecule has 3 heterocycles. The Hall–Kier alpha value is -1.86. The summed E-state index contributed by atoms with van der Waals surface area (Å²) in [5.41, 5.74) is -0.0739. The second-order valence-corrected chi connectivity index (χ2v) is 5.97. The van der Waals surface area contributed by atoms with Crippen LogP contribution >= 0.6 is 11.6 Å². The fraction of sp³-hybridized carbons (Fsp3) is 0.533. The molecular formula is C15H17ClN2O5. The zero-order valence-electron chi connectivity index (χ0n) is 12.9. The van der Waals surface area contributed by atoms with Crippen molar-refractivity contribution in [3.8, 4) is 0 Å². The number of fused-ring (bicyclic) bond motifs is 3. The molecule has 8 heteroatoms. The molecule has 0 saturated carbocycles. The molecule has 0 radical (unpaired) electrons. The minimum absolute atomic E-state index is 0.0867. The normalized spacial score (nSPS) is 21.9. The second kappa shape index (κ2) is 5.98. The molecule has 1 fully saturated rings. The van der Waals surface area contributed by atoms with Gasteiger partial charge in [-0.15, -0.1) is 0 Å². The Kier molecular flexibility index (Phi) is 4.16. The summed E-state index contributed by atoms with van der Waals surface area (Å²) in [7, 11) is 2.51. The van der Waals surface area contributed by atoms with Crippen LogP contribution in [0, 0.1) is 5.41 Å². The van der Waals surface area contributed by atoms with E-state index in [1.807, 2.05) is 4.90 Å². The molecule has 1 aromatic rings. The molecule has 1 aromatic heterocycles. The molecule has 0 spiro atoms. The number of ether oxygens (including phenoxy) is 3. The highest BCUT2D eigenvalue weighted by atomic mass is 35.5. The molecule has 1 atom stereocenters. The molecule has 0 N–H and O–H groups in total. The fourth-order valence-corrected chi connectivity index (χ4v) is 3.54. The summed E-state index contributed by atoms with van der Waals surface area (Å²) in [6.07, 6.45) is 1.59. The van der Waals surface area contributed by atoms with Crippen molar-refractivity contribution >= 4 is 29.2 Å². The molecule has 124 valence electrons. The van der Waals surface area contributed by atoms with E-state index in [1.165, 1.54) is 20.4 Å². The zero-order valence-corrected chi connectivity index (χ0v) is 13.6. The van der Waals surface area contributed by atoms with Crippen LogP contribution in [0.1, 0.15) is 5.69 Å². The minimum Gasteiger partial charge on any atom is -0.468 e. The lowest BCUT2D eigenvalue weighted by atomic mass is 9.72. The number of rotatable bonds is 2. The Morgan fingerprint density at radius 3 is 2.74 bits per heavy atom. The average Bonchev–Trinajstić information content (AvgIpc) is 2.59. The molecule has 3 rings (SSSR count). The minimum atomic E-state index is -1.50. The number of halogens is 1. The highest BCUT2D eigenvalue weighted by Crippen LogP contribution is 2.44. The Labute approximate surface area is 138 Å². The zero-order chi connectivity index (χ0) is 16.6. The summed E-state index contributed by atoms with van der Waals surface area (Å²) in [6, 6.07) is 1.27. The fourth-order valence-electron chi connectivity index (χ4n) is 3.39. The number of anilines is 1. The van der Waals surface area contributed by atoms with Gasteiger partial charge in [0, 0.05) is 19.2 Å². The van der Waals surface area contributed by atoms with Crippen LogP contribution in [-0.4, -0.2) is 56.9 Å². The van der Waals surface area contributed by atoms with Crippen molar-refractivity contribution in [2.24, 2.45) is 5.41 Å². The van der Waals surface area contributed by atoms with Gasteiger partial charge >= 0.3 is 11.9 Å². The number of carbonyl (C=O) groups excluding carboxylic acids is 2. The molecule has 2 aliphatic rings. The first-order valence-electron chi connectivity index (χ1n) is 7.20. The molecule has 1 saturated heterocycles. The third-order valence-electron chi connectivity index (χ3n) is 4.47. The van der Waals surface area contributed by atoms with Crippen LogP contribution in [0.15, 0.2) is 12.3 Å². The highest BCUT2D eigenvalue weighted by molar-refractivity contribution is 6.30. The number of morpholine rings is 1. The number of methoxy groups -OCH3 is 2. The lowest BCUT2D eigenvalue weighted by Gasteiger charge is -2.49. The summed E-state index contributed by atoms with van der Waals surface area (Å²) in [4.78, 5) is 31.4. The molecule has 0 aromatic carbocycles. The Balaban J connectivity index is 2.18. The number of nitrogens with zero attached hydrogens (tertiary/aromatic N) is 2. The van der Waals surface area contributed by atoms with Crippen molar-refractivity contribution in [2.45, 2.75) is 12.5 Å². The number of hydrogen-bond acceptors (Lipinski definition) is 7. The van der Waals surface area contributed by atoms with Crippen LogP contribution < -0.4 is 4.90 Å². The molecule has 0 aliphatic carbocycles. The standard InChI is InChI=1S/C15H17ClN2O5/c1-21-13(19)15(14(20)22-2)6-10-11(5-9(16)7-17-10)18-3-4-23-8-12(15)18/h5,7,12H,3-4,6,8H2,1-2H3. The Bertz CT molecular complexity index is 635. The smallest absolute Gasteiger partial charge is 0.325 e. The summed E-state index contributed by atoms with van der Waals surface area (Å²) >= 11 is 6.05. The summed E-state index contributed by atoms with van der Waals surface area (Å²) in [5, 5.41) is 0.498. The monoisotopic (exact) mass is 340 g/mol. The van der Waals surface area contributed by atoms with Gasteiger partial charge in [0.1, 0.15) is 0 Å². The third-order valence-corrected chi connectivity index (χ3v) is 4.67. The Morgan fingerprint density at radius 1 is 1.39 bits per heavy atom. The van der Waals surface area contributed by atoms with Gasteiger partial charge in [-0.2, -0.15) is 0 Å². The van der Waals surface area contributed by atoms with Gasteiger partial charge in [0.2, 0.25) is 0 Å². The van der Waals surface area contributed by atoms with E-state index in [9.17, 15) is 9.59 Å². The van der Waals surface area contributed by atoms with Crippen LogP contribution in [0.3, 0.4) is 0 Å². The molecule has 23 heavy (non-hydrogen) atoms. The third kappa shape index (κ3) is 2.35. The van der Waals surface area contributed by atoms with Crippen molar-refractivity contribution < 1.29 is 23.8 Å². The van der Waals surface area contributed by atoms with E-state index in [0.717, 1.165) is 5.69 Å². The van der Waals surface area contributed by atoms with Crippen LogP contribution in [-0.2, 0) is 30.2 Å². The van der Waals surface area contributed by atoms with Crippen molar-refractivity contribution in [3.05, 3.63) is 23.0 Å². The first-order valence-corrected chi connectivity index (χ1v) is 7.58. The molecule has 0 amide bonds. The van der Waals surface area contributed by atoms with Gasteiger partial charge in [-0.1, -0.05) is 11.6 Å². The maximum atomic E-state index is 12.6. The quantitative estimate of drug-likeness (QED) is 0.583.